The Hall–Kier alpha value is -1.10. The molecule has 1 saturated heterocycles. The predicted octanol–water partition coefficient (Wildman–Crippen LogP) is 1.66. The van der Waals surface area contributed by atoms with Gasteiger partial charge in [0, 0.05) is 25.0 Å². The van der Waals surface area contributed by atoms with Gasteiger partial charge in [-0.05, 0) is 25.7 Å². The van der Waals surface area contributed by atoms with Gasteiger partial charge in [0.25, 0.3) is 0 Å². The summed E-state index contributed by atoms with van der Waals surface area (Å²) in [5.41, 5.74) is 5.31. The lowest BCUT2D eigenvalue weighted by Gasteiger charge is -2.37. The maximum absolute atomic E-state index is 12.6. The van der Waals surface area contributed by atoms with Crippen molar-refractivity contribution in [2.75, 3.05) is 19.6 Å². The van der Waals surface area contributed by atoms with Crippen LogP contribution in [0.5, 0.6) is 0 Å². The van der Waals surface area contributed by atoms with Gasteiger partial charge >= 0.3 is 0 Å². The van der Waals surface area contributed by atoms with Crippen LogP contribution >= 0.6 is 0 Å². The largest absolute Gasteiger partial charge is 0.349 e. The molecule has 1 aliphatic carbocycles. The van der Waals surface area contributed by atoms with Crippen LogP contribution in [-0.2, 0) is 9.59 Å². The van der Waals surface area contributed by atoms with Gasteiger partial charge in [-0.3, -0.25) is 9.59 Å². The molecule has 2 rings (SSSR count). The Balaban J connectivity index is 1.97. The molecule has 2 amide bonds. The maximum atomic E-state index is 12.6. The van der Waals surface area contributed by atoms with E-state index >= 15 is 0 Å². The minimum Gasteiger partial charge on any atom is -0.349 e. The summed E-state index contributed by atoms with van der Waals surface area (Å²) in [5, 5.41) is 3.21. The summed E-state index contributed by atoms with van der Waals surface area (Å²) in [6, 6.07) is 0. The van der Waals surface area contributed by atoms with Crippen molar-refractivity contribution in [2.45, 2.75) is 64.8 Å². The van der Waals surface area contributed by atoms with Gasteiger partial charge in [-0.15, -0.1) is 0 Å². The summed E-state index contributed by atoms with van der Waals surface area (Å²) in [4.78, 5) is 26.9. The first-order chi connectivity index (χ1) is 10.3. The molecular formula is C17H31N3O2. The number of hydrogen-bond donors (Lipinski definition) is 2. The van der Waals surface area contributed by atoms with E-state index in [0.29, 0.717) is 13.1 Å². The zero-order chi connectivity index (χ0) is 16.4. The molecule has 1 saturated carbocycles. The van der Waals surface area contributed by atoms with E-state index < -0.39 is 0 Å². The van der Waals surface area contributed by atoms with Crippen molar-refractivity contribution >= 4 is 11.8 Å². The van der Waals surface area contributed by atoms with Crippen molar-refractivity contribution in [3.8, 4) is 0 Å². The first-order valence-electron chi connectivity index (χ1n) is 8.59. The zero-order valence-electron chi connectivity index (χ0n) is 14.3. The summed E-state index contributed by atoms with van der Waals surface area (Å²) in [7, 11) is 0. The number of nitrogens with zero attached hydrogens (tertiary/aromatic N) is 1. The van der Waals surface area contributed by atoms with E-state index in [1.54, 1.807) is 0 Å². The molecule has 2 fully saturated rings. The highest BCUT2D eigenvalue weighted by molar-refractivity contribution is 5.84. The molecule has 22 heavy (non-hydrogen) atoms. The van der Waals surface area contributed by atoms with E-state index in [1.165, 1.54) is 0 Å². The van der Waals surface area contributed by atoms with Crippen LogP contribution < -0.4 is 11.1 Å². The molecule has 0 aromatic rings. The van der Waals surface area contributed by atoms with Crippen LogP contribution in [0.1, 0.15) is 59.3 Å². The second-order valence-corrected chi connectivity index (χ2v) is 8.02. The van der Waals surface area contributed by atoms with Gasteiger partial charge in [0.05, 0.1) is 11.5 Å². The number of carbonyl (C=O) groups excluding carboxylic acids is 2. The number of rotatable bonds is 3. The molecule has 0 spiro atoms. The Morgan fingerprint density at radius 1 is 1.23 bits per heavy atom. The van der Waals surface area contributed by atoms with E-state index in [2.05, 4.69) is 5.32 Å². The SMILES string of the molecule is CC(C)(C)C(=O)N1CCCC(C(=O)NC2(CN)CCCC2)C1. The zero-order valence-corrected chi connectivity index (χ0v) is 14.3. The molecule has 126 valence electrons. The Morgan fingerprint density at radius 2 is 1.86 bits per heavy atom. The van der Waals surface area contributed by atoms with Crippen LogP contribution in [0.4, 0.5) is 0 Å². The van der Waals surface area contributed by atoms with Gasteiger partial charge in [0.2, 0.25) is 11.8 Å². The lowest BCUT2D eigenvalue weighted by atomic mass is 9.90. The minimum atomic E-state index is -0.387. The molecule has 1 aliphatic heterocycles. The van der Waals surface area contributed by atoms with E-state index in [1.807, 2.05) is 25.7 Å². The average Bonchev–Trinajstić information content (AvgIpc) is 2.94. The fourth-order valence-electron chi connectivity index (χ4n) is 3.65. The number of nitrogens with one attached hydrogen (secondary N) is 1. The number of amides is 2. The second kappa shape index (κ2) is 6.57. The molecule has 0 aromatic heterocycles. The number of carbonyl (C=O) groups is 2. The minimum absolute atomic E-state index is 0.0822. The fraction of sp³-hybridized carbons (Fsp3) is 0.882. The Morgan fingerprint density at radius 3 is 2.41 bits per heavy atom. The van der Waals surface area contributed by atoms with Crippen LogP contribution in [0.25, 0.3) is 0 Å². The fourth-order valence-corrected chi connectivity index (χ4v) is 3.65. The molecule has 5 nitrogen and oxygen atoms in total. The molecule has 0 bridgehead atoms. The van der Waals surface area contributed by atoms with E-state index in [-0.39, 0.29) is 28.7 Å². The summed E-state index contributed by atoms with van der Waals surface area (Å²) in [6.45, 7) is 7.61. The van der Waals surface area contributed by atoms with Gasteiger partial charge in [-0.1, -0.05) is 33.6 Å². The molecule has 5 heteroatoms. The third-order valence-electron chi connectivity index (χ3n) is 5.06. The lowest BCUT2D eigenvalue weighted by molar-refractivity contribution is -0.143. The molecule has 0 aromatic carbocycles. The summed E-state index contributed by atoms with van der Waals surface area (Å²) in [5.74, 6) is 0.127. The maximum Gasteiger partial charge on any atom is 0.227 e. The molecule has 1 atom stereocenters. The number of piperidine rings is 1. The first-order valence-corrected chi connectivity index (χ1v) is 8.59. The second-order valence-electron chi connectivity index (χ2n) is 8.02. The molecule has 1 unspecified atom stereocenters. The highest BCUT2D eigenvalue weighted by Gasteiger charge is 2.38. The van der Waals surface area contributed by atoms with Crippen molar-refractivity contribution in [2.24, 2.45) is 17.1 Å². The van der Waals surface area contributed by atoms with Gasteiger partial charge < -0.3 is 16.0 Å². The standard InChI is InChI=1S/C17H31N3O2/c1-16(2,3)15(22)20-10-6-7-13(11-20)14(21)19-17(12-18)8-4-5-9-17/h13H,4-12,18H2,1-3H3,(H,19,21). The average molecular weight is 309 g/mol. The van der Waals surface area contributed by atoms with Crippen LogP contribution in [0.15, 0.2) is 0 Å². The van der Waals surface area contributed by atoms with Crippen LogP contribution in [-0.4, -0.2) is 41.9 Å². The summed E-state index contributed by atoms with van der Waals surface area (Å²) < 4.78 is 0. The van der Waals surface area contributed by atoms with Crippen molar-refractivity contribution in [3.05, 3.63) is 0 Å². The van der Waals surface area contributed by atoms with E-state index in [4.69, 9.17) is 5.73 Å². The molecule has 0 radical (unpaired) electrons. The van der Waals surface area contributed by atoms with Gasteiger partial charge in [0.1, 0.15) is 0 Å². The number of hydrogen-bond acceptors (Lipinski definition) is 3. The van der Waals surface area contributed by atoms with Crippen LogP contribution in [0.2, 0.25) is 0 Å². The van der Waals surface area contributed by atoms with Crippen molar-refractivity contribution in [3.63, 3.8) is 0 Å². The molecule has 2 aliphatic rings. The highest BCUT2D eigenvalue weighted by Crippen LogP contribution is 2.30. The molecule has 1 heterocycles. The number of likely N-dealkylation sites (tertiary alicyclic amines) is 1. The smallest absolute Gasteiger partial charge is 0.227 e. The van der Waals surface area contributed by atoms with Gasteiger partial charge in [-0.2, -0.15) is 0 Å². The number of nitrogens with two attached hydrogens (primary N) is 1. The lowest BCUT2D eigenvalue weighted by Crippen LogP contribution is -2.56. The van der Waals surface area contributed by atoms with Gasteiger partial charge in [-0.25, -0.2) is 0 Å². The predicted molar refractivity (Wildman–Crippen MR) is 87.2 cm³/mol. The Kier molecular flexibility index (Phi) is 5.15. The Labute approximate surface area is 134 Å². The van der Waals surface area contributed by atoms with Crippen molar-refractivity contribution < 1.29 is 9.59 Å². The monoisotopic (exact) mass is 309 g/mol. The topological polar surface area (TPSA) is 75.4 Å². The molecular weight excluding hydrogens is 278 g/mol. The van der Waals surface area contributed by atoms with E-state index in [0.717, 1.165) is 45.1 Å². The summed E-state index contributed by atoms with van der Waals surface area (Å²) >= 11 is 0. The van der Waals surface area contributed by atoms with Crippen molar-refractivity contribution in [1.29, 1.82) is 0 Å². The van der Waals surface area contributed by atoms with E-state index in [9.17, 15) is 9.59 Å². The van der Waals surface area contributed by atoms with Crippen molar-refractivity contribution in [1.82, 2.24) is 10.2 Å². The van der Waals surface area contributed by atoms with Gasteiger partial charge in [0.15, 0.2) is 0 Å². The normalized spacial score (nSPS) is 25.1. The third-order valence-corrected chi connectivity index (χ3v) is 5.06. The third kappa shape index (κ3) is 3.80. The first kappa shape index (κ1) is 17.3. The summed E-state index contributed by atoms with van der Waals surface area (Å²) in [6.07, 6.45) is 5.99. The highest BCUT2D eigenvalue weighted by atomic mass is 16.2. The van der Waals surface area contributed by atoms with Crippen LogP contribution in [0, 0.1) is 11.3 Å². The van der Waals surface area contributed by atoms with Crippen LogP contribution in [0.3, 0.4) is 0 Å². The molecule has 3 N–H and O–H groups in total. The quantitative estimate of drug-likeness (QED) is 0.832. The Bertz CT molecular complexity index is 422.